The lowest BCUT2D eigenvalue weighted by atomic mass is 10.5. The normalized spacial score (nSPS) is 11.2. The molecule has 0 saturated heterocycles. The Morgan fingerprint density at radius 3 is 1.89 bits per heavy atom. The van der Waals surface area contributed by atoms with E-state index in [1.165, 1.54) is 0 Å². The first-order chi connectivity index (χ1) is 4.04. The molecule has 0 atom stereocenters. The molecule has 50 valence electrons. The summed E-state index contributed by atoms with van der Waals surface area (Å²) >= 11 is 14.0. The zero-order valence-electron chi connectivity index (χ0n) is 4.63. The molecular weight excluding hydrogens is 223 g/mol. The van der Waals surface area contributed by atoms with E-state index in [1.807, 2.05) is 0 Å². The number of hydrogen-bond donors (Lipinski definition) is 0. The van der Waals surface area contributed by atoms with Crippen molar-refractivity contribution in [1.29, 1.82) is 0 Å². The Balaban J connectivity index is 4.17. The average Bonchev–Trinajstić information content (AvgIpc) is 1.63. The van der Waals surface area contributed by atoms with Gasteiger partial charge in [-0.1, -0.05) is 36.4 Å². The van der Waals surface area contributed by atoms with E-state index in [0.29, 0.717) is 14.5 Å². The summed E-state index contributed by atoms with van der Waals surface area (Å²) in [6.07, 6.45) is 1.58. The maximum absolute atomic E-state index is 5.46. The summed E-state index contributed by atoms with van der Waals surface area (Å²) in [6.45, 7) is 6.90. The van der Waals surface area contributed by atoms with Crippen LogP contribution in [0.5, 0.6) is 0 Å². The van der Waals surface area contributed by atoms with Gasteiger partial charge in [0, 0.05) is 14.5 Å². The Kier molecular flexibility index (Phi) is 4.28. The van der Waals surface area contributed by atoms with Gasteiger partial charge in [-0.05, 0) is 22.0 Å². The largest absolute Gasteiger partial charge is 0.0850 e. The van der Waals surface area contributed by atoms with Crippen molar-refractivity contribution in [3.05, 3.63) is 33.8 Å². The molecule has 0 aromatic rings. The van der Waals surface area contributed by atoms with E-state index in [0.717, 1.165) is 0 Å². The summed E-state index contributed by atoms with van der Waals surface area (Å²) in [6, 6.07) is 0. The van der Waals surface area contributed by atoms with E-state index in [4.69, 9.17) is 23.2 Å². The van der Waals surface area contributed by atoms with Crippen molar-refractivity contribution in [1.82, 2.24) is 0 Å². The molecule has 0 heterocycles. The second-order valence-electron chi connectivity index (χ2n) is 1.34. The molecule has 3 heteroatoms. The van der Waals surface area contributed by atoms with Crippen LogP contribution in [0.4, 0.5) is 0 Å². The molecule has 0 N–H and O–H groups in total. The first-order valence-electron chi connectivity index (χ1n) is 2.10. The average molecular weight is 228 g/mol. The minimum Gasteiger partial charge on any atom is -0.0850 e. The zero-order valence-corrected chi connectivity index (χ0v) is 7.72. The lowest BCUT2D eigenvalue weighted by Gasteiger charge is -1.90. The minimum absolute atomic E-state index is 0.414. The van der Waals surface area contributed by atoms with Gasteiger partial charge in [0.2, 0.25) is 0 Å². The molecule has 0 saturated carbocycles. The van der Waals surface area contributed by atoms with Gasteiger partial charge < -0.3 is 0 Å². The molecule has 0 rings (SSSR count). The summed E-state index contributed by atoms with van der Waals surface area (Å²) in [7, 11) is 0. The highest BCUT2D eigenvalue weighted by Crippen LogP contribution is 2.20. The Morgan fingerprint density at radius 1 is 1.33 bits per heavy atom. The molecule has 9 heavy (non-hydrogen) atoms. The first-order valence-corrected chi connectivity index (χ1v) is 3.65. The van der Waals surface area contributed by atoms with E-state index >= 15 is 0 Å². The van der Waals surface area contributed by atoms with Gasteiger partial charge in [0.05, 0.1) is 0 Å². The zero-order chi connectivity index (χ0) is 7.44. The van der Waals surface area contributed by atoms with Gasteiger partial charge in [0.15, 0.2) is 0 Å². The number of hydrogen-bond acceptors (Lipinski definition) is 0. The number of rotatable bonds is 2. The molecular formula is C6H5BrCl2. The monoisotopic (exact) mass is 226 g/mol. The quantitative estimate of drug-likeness (QED) is 0.631. The fourth-order valence-corrected chi connectivity index (χ4v) is 0.788. The Labute approximate surface area is 73.0 Å². The molecule has 0 aliphatic heterocycles. The van der Waals surface area contributed by atoms with E-state index < -0.39 is 0 Å². The SMILES string of the molecule is C=C(Cl)/C=C(/Br)C(=C)Cl. The van der Waals surface area contributed by atoms with E-state index in [9.17, 15) is 0 Å². The van der Waals surface area contributed by atoms with Crippen LogP contribution in [0.15, 0.2) is 33.8 Å². The second-order valence-corrected chi connectivity index (χ2v) is 3.14. The molecule has 0 aliphatic carbocycles. The van der Waals surface area contributed by atoms with Gasteiger partial charge >= 0.3 is 0 Å². The topological polar surface area (TPSA) is 0 Å². The van der Waals surface area contributed by atoms with Gasteiger partial charge in [0.25, 0.3) is 0 Å². The maximum Gasteiger partial charge on any atom is 0.0476 e. The van der Waals surface area contributed by atoms with Crippen LogP contribution in [0.2, 0.25) is 0 Å². The maximum atomic E-state index is 5.46. The minimum atomic E-state index is 0.414. The van der Waals surface area contributed by atoms with Gasteiger partial charge in [0.1, 0.15) is 0 Å². The number of allylic oxidation sites excluding steroid dienone is 4. The lowest BCUT2D eigenvalue weighted by molar-refractivity contribution is 1.84. The molecule has 0 fully saturated rings. The predicted molar refractivity (Wildman–Crippen MR) is 47.0 cm³/mol. The van der Waals surface area contributed by atoms with Crippen molar-refractivity contribution in [2.45, 2.75) is 0 Å². The van der Waals surface area contributed by atoms with Crippen molar-refractivity contribution in [2.24, 2.45) is 0 Å². The summed E-state index contributed by atoms with van der Waals surface area (Å²) in [5.74, 6) is 0. The Bertz CT molecular complexity index is 170. The molecule has 0 radical (unpaired) electrons. The van der Waals surface area contributed by atoms with Gasteiger partial charge in [-0.2, -0.15) is 0 Å². The molecule has 0 aromatic heterocycles. The van der Waals surface area contributed by atoms with Gasteiger partial charge in [-0.3, -0.25) is 0 Å². The van der Waals surface area contributed by atoms with Crippen LogP contribution >= 0.6 is 39.1 Å². The predicted octanol–water partition coefficient (Wildman–Crippen LogP) is 3.77. The van der Waals surface area contributed by atoms with E-state index in [1.54, 1.807) is 6.08 Å². The fraction of sp³-hybridized carbons (Fsp3) is 0. The summed E-state index contributed by atoms with van der Waals surface area (Å²) in [5.41, 5.74) is 0. The van der Waals surface area contributed by atoms with Crippen molar-refractivity contribution in [3.8, 4) is 0 Å². The second kappa shape index (κ2) is 4.15. The van der Waals surface area contributed by atoms with Crippen LogP contribution in [0.25, 0.3) is 0 Å². The summed E-state index contributed by atoms with van der Waals surface area (Å²) in [5, 5.41) is 0.834. The van der Waals surface area contributed by atoms with Gasteiger partial charge in [-0.15, -0.1) is 0 Å². The van der Waals surface area contributed by atoms with Crippen LogP contribution in [-0.2, 0) is 0 Å². The van der Waals surface area contributed by atoms with E-state index in [2.05, 4.69) is 29.1 Å². The molecule has 0 unspecified atom stereocenters. The van der Waals surface area contributed by atoms with Crippen molar-refractivity contribution in [2.75, 3.05) is 0 Å². The van der Waals surface area contributed by atoms with Crippen LogP contribution in [0, 0.1) is 0 Å². The van der Waals surface area contributed by atoms with Crippen LogP contribution in [0.1, 0.15) is 0 Å². The van der Waals surface area contributed by atoms with Crippen LogP contribution < -0.4 is 0 Å². The molecule has 0 spiro atoms. The van der Waals surface area contributed by atoms with Crippen molar-refractivity contribution < 1.29 is 0 Å². The summed E-state index contributed by atoms with van der Waals surface area (Å²) < 4.78 is 0.657. The van der Waals surface area contributed by atoms with Crippen LogP contribution in [0.3, 0.4) is 0 Å². The van der Waals surface area contributed by atoms with Crippen molar-refractivity contribution >= 4 is 39.1 Å². The van der Waals surface area contributed by atoms with Crippen LogP contribution in [-0.4, -0.2) is 0 Å². The highest BCUT2D eigenvalue weighted by atomic mass is 79.9. The standard InChI is InChI=1S/C6H5BrCl2/c1-4(8)3-6(7)5(2)9/h3H,1-2H2/b6-3+. The number of halogens is 3. The molecule has 0 nitrogen and oxygen atoms in total. The van der Waals surface area contributed by atoms with E-state index in [-0.39, 0.29) is 0 Å². The molecule has 0 amide bonds. The fourth-order valence-electron chi connectivity index (χ4n) is 0.216. The highest BCUT2D eigenvalue weighted by molar-refractivity contribution is 9.12. The third-order valence-corrected chi connectivity index (χ3v) is 1.79. The molecule has 0 aliphatic rings. The molecule has 0 aromatic carbocycles. The lowest BCUT2D eigenvalue weighted by Crippen LogP contribution is -1.67. The first kappa shape index (κ1) is 9.28. The Hall–Kier alpha value is 0.280. The summed E-state index contributed by atoms with van der Waals surface area (Å²) in [4.78, 5) is 0. The third-order valence-electron chi connectivity index (χ3n) is 0.542. The van der Waals surface area contributed by atoms with Crippen molar-refractivity contribution in [3.63, 3.8) is 0 Å². The molecule has 0 bridgehead atoms. The van der Waals surface area contributed by atoms with Gasteiger partial charge in [-0.25, -0.2) is 0 Å². The third kappa shape index (κ3) is 4.76. The Morgan fingerprint density at radius 2 is 1.78 bits per heavy atom. The highest BCUT2D eigenvalue weighted by Gasteiger charge is 1.92. The smallest absolute Gasteiger partial charge is 0.0476 e.